The summed E-state index contributed by atoms with van der Waals surface area (Å²) in [6.07, 6.45) is -0.924. The summed E-state index contributed by atoms with van der Waals surface area (Å²) in [5.41, 5.74) is 1.36. The van der Waals surface area contributed by atoms with Crippen molar-refractivity contribution in [1.82, 2.24) is 0 Å². The lowest BCUT2D eigenvalue weighted by Crippen LogP contribution is -2.01. The van der Waals surface area contributed by atoms with Crippen molar-refractivity contribution in [2.24, 2.45) is 0 Å². The van der Waals surface area contributed by atoms with Gasteiger partial charge in [0.25, 0.3) is 0 Å². The number of alkyl halides is 1. The summed E-state index contributed by atoms with van der Waals surface area (Å²) in [5.74, 6) is 2.24. The molecule has 124 valence electrons. The number of benzene rings is 2. The maximum Gasteiger partial charge on any atom is 0.203 e. The largest absolute Gasteiger partial charge is 0.497 e. The van der Waals surface area contributed by atoms with E-state index in [0.29, 0.717) is 28.6 Å². The highest BCUT2D eigenvalue weighted by atomic mass is 19.1. The Hall–Kier alpha value is -2.43. The van der Waals surface area contributed by atoms with Crippen LogP contribution in [0.5, 0.6) is 23.0 Å². The zero-order chi connectivity index (χ0) is 16.8. The average Bonchev–Trinajstić information content (AvgIpc) is 2.60. The molecule has 1 atom stereocenters. The van der Waals surface area contributed by atoms with Gasteiger partial charge in [0.2, 0.25) is 5.75 Å². The predicted octanol–water partition coefficient (Wildman–Crippen LogP) is 3.97. The third kappa shape index (κ3) is 3.86. The van der Waals surface area contributed by atoms with E-state index in [1.165, 1.54) is 21.3 Å². The summed E-state index contributed by atoms with van der Waals surface area (Å²) in [5, 5.41) is 0. The number of methoxy groups -OCH3 is 4. The second kappa shape index (κ2) is 7.72. The van der Waals surface area contributed by atoms with Crippen molar-refractivity contribution in [2.75, 3.05) is 28.4 Å². The molecule has 2 rings (SSSR count). The Balaban J connectivity index is 2.24. The van der Waals surface area contributed by atoms with Crippen LogP contribution in [0, 0.1) is 0 Å². The molecular weight excluding hydrogens is 299 g/mol. The van der Waals surface area contributed by atoms with E-state index in [1.807, 2.05) is 0 Å². The molecule has 0 aliphatic rings. The zero-order valence-corrected chi connectivity index (χ0v) is 13.8. The van der Waals surface area contributed by atoms with E-state index < -0.39 is 6.17 Å². The molecule has 0 saturated heterocycles. The van der Waals surface area contributed by atoms with Crippen molar-refractivity contribution in [3.05, 3.63) is 47.5 Å². The van der Waals surface area contributed by atoms with Gasteiger partial charge < -0.3 is 18.9 Å². The molecule has 2 aromatic rings. The fraction of sp³-hybridized carbons (Fsp3) is 0.333. The van der Waals surface area contributed by atoms with Crippen LogP contribution in [0.15, 0.2) is 36.4 Å². The van der Waals surface area contributed by atoms with E-state index in [4.69, 9.17) is 18.9 Å². The number of rotatable bonds is 7. The minimum absolute atomic E-state index is 0.211. The molecule has 1 unspecified atom stereocenters. The van der Waals surface area contributed by atoms with Gasteiger partial charge in [-0.3, -0.25) is 0 Å². The normalized spacial score (nSPS) is 11.7. The van der Waals surface area contributed by atoms with Crippen LogP contribution < -0.4 is 18.9 Å². The molecule has 0 aliphatic heterocycles. The molecule has 0 radical (unpaired) electrons. The van der Waals surface area contributed by atoms with Crippen LogP contribution in [0.25, 0.3) is 0 Å². The Morgan fingerprint density at radius 2 is 1.39 bits per heavy atom. The molecule has 5 heteroatoms. The molecule has 4 nitrogen and oxygen atoms in total. The van der Waals surface area contributed by atoms with Gasteiger partial charge in [-0.15, -0.1) is 0 Å². The quantitative estimate of drug-likeness (QED) is 0.773. The first-order valence-corrected chi connectivity index (χ1v) is 7.19. The lowest BCUT2D eigenvalue weighted by atomic mass is 10.0. The molecule has 0 spiro atoms. The van der Waals surface area contributed by atoms with Gasteiger partial charge >= 0.3 is 0 Å². The fourth-order valence-electron chi connectivity index (χ4n) is 2.39. The van der Waals surface area contributed by atoms with Gasteiger partial charge in [0, 0.05) is 6.42 Å². The molecule has 0 heterocycles. The van der Waals surface area contributed by atoms with Crippen molar-refractivity contribution >= 4 is 0 Å². The predicted molar refractivity (Wildman–Crippen MR) is 86.6 cm³/mol. The summed E-state index contributed by atoms with van der Waals surface area (Å²) in [7, 11) is 6.20. The Bertz CT molecular complexity index is 615. The van der Waals surface area contributed by atoms with Crippen molar-refractivity contribution in [3.8, 4) is 23.0 Å². The van der Waals surface area contributed by atoms with Gasteiger partial charge in [-0.25, -0.2) is 4.39 Å². The summed E-state index contributed by atoms with van der Waals surface area (Å²) in [6, 6.07) is 10.5. The van der Waals surface area contributed by atoms with Crippen LogP contribution in [0.1, 0.15) is 17.3 Å². The molecule has 0 saturated carbocycles. The number of hydrogen-bond donors (Lipinski definition) is 0. The Morgan fingerprint density at radius 3 is 1.83 bits per heavy atom. The molecule has 2 aromatic carbocycles. The third-order valence-corrected chi connectivity index (χ3v) is 3.62. The molecule has 0 bridgehead atoms. The van der Waals surface area contributed by atoms with E-state index in [1.54, 1.807) is 43.5 Å². The van der Waals surface area contributed by atoms with Crippen LogP contribution in [0.4, 0.5) is 4.39 Å². The van der Waals surface area contributed by atoms with Crippen molar-refractivity contribution in [2.45, 2.75) is 12.6 Å². The van der Waals surface area contributed by atoms with Gasteiger partial charge in [0.15, 0.2) is 11.5 Å². The van der Waals surface area contributed by atoms with Gasteiger partial charge in [0.1, 0.15) is 11.9 Å². The Labute approximate surface area is 135 Å². The number of ether oxygens (including phenoxy) is 4. The SMILES string of the molecule is COc1ccc(C(F)Cc2cc(OC)c(OC)c(OC)c2)cc1. The minimum Gasteiger partial charge on any atom is -0.497 e. The van der Waals surface area contributed by atoms with Crippen LogP contribution >= 0.6 is 0 Å². The van der Waals surface area contributed by atoms with E-state index >= 15 is 0 Å². The van der Waals surface area contributed by atoms with Crippen molar-refractivity contribution < 1.29 is 23.3 Å². The Kier molecular flexibility index (Phi) is 5.68. The minimum atomic E-state index is -1.14. The third-order valence-electron chi connectivity index (χ3n) is 3.62. The maximum absolute atomic E-state index is 14.6. The number of hydrogen-bond acceptors (Lipinski definition) is 4. The van der Waals surface area contributed by atoms with Gasteiger partial charge in [-0.1, -0.05) is 12.1 Å². The lowest BCUT2D eigenvalue weighted by molar-refractivity contribution is 0.319. The first-order chi connectivity index (χ1) is 11.1. The molecule has 23 heavy (non-hydrogen) atoms. The van der Waals surface area contributed by atoms with Gasteiger partial charge in [-0.2, -0.15) is 0 Å². The van der Waals surface area contributed by atoms with Crippen molar-refractivity contribution in [3.63, 3.8) is 0 Å². The van der Waals surface area contributed by atoms with Crippen LogP contribution in [0.3, 0.4) is 0 Å². The molecule has 0 fully saturated rings. The molecule has 0 amide bonds. The van der Waals surface area contributed by atoms with E-state index in [9.17, 15) is 4.39 Å². The fourth-order valence-corrected chi connectivity index (χ4v) is 2.39. The highest BCUT2D eigenvalue weighted by molar-refractivity contribution is 5.54. The van der Waals surface area contributed by atoms with Gasteiger partial charge in [0.05, 0.1) is 28.4 Å². The van der Waals surface area contributed by atoms with Crippen molar-refractivity contribution in [1.29, 1.82) is 0 Å². The molecule has 0 aromatic heterocycles. The zero-order valence-electron chi connectivity index (χ0n) is 13.8. The summed E-state index contributed by atoms with van der Waals surface area (Å²) < 4.78 is 35.5. The average molecular weight is 320 g/mol. The monoisotopic (exact) mass is 320 g/mol. The molecule has 0 aliphatic carbocycles. The molecular formula is C18H21FO4. The Morgan fingerprint density at radius 1 is 0.826 bits per heavy atom. The summed E-state index contributed by atoms with van der Waals surface area (Å²) in [6.45, 7) is 0. The second-order valence-corrected chi connectivity index (χ2v) is 4.98. The number of halogens is 1. The smallest absolute Gasteiger partial charge is 0.203 e. The standard InChI is InChI=1S/C18H21FO4/c1-20-14-7-5-13(6-8-14)15(19)9-12-10-16(21-2)18(23-4)17(11-12)22-3/h5-8,10-11,15H,9H2,1-4H3. The van der Waals surface area contributed by atoms with Gasteiger partial charge in [-0.05, 0) is 35.4 Å². The maximum atomic E-state index is 14.6. The van der Waals surface area contributed by atoms with E-state index in [0.717, 1.165) is 5.56 Å². The van der Waals surface area contributed by atoms with Crippen LogP contribution in [-0.4, -0.2) is 28.4 Å². The first-order valence-electron chi connectivity index (χ1n) is 7.19. The van der Waals surface area contributed by atoms with Crippen LogP contribution in [0.2, 0.25) is 0 Å². The van der Waals surface area contributed by atoms with E-state index in [-0.39, 0.29) is 6.42 Å². The lowest BCUT2D eigenvalue weighted by Gasteiger charge is -2.15. The topological polar surface area (TPSA) is 36.9 Å². The van der Waals surface area contributed by atoms with E-state index in [2.05, 4.69) is 0 Å². The summed E-state index contributed by atoms with van der Waals surface area (Å²) in [4.78, 5) is 0. The second-order valence-electron chi connectivity index (χ2n) is 4.98. The molecule has 0 N–H and O–H groups in total. The first kappa shape index (κ1) is 16.9. The summed E-state index contributed by atoms with van der Waals surface area (Å²) >= 11 is 0. The highest BCUT2D eigenvalue weighted by Crippen LogP contribution is 2.39. The highest BCUT2D eigenvalue weighted by Gasteiger charge is 2.17. The van der Waals surface area contributed by atoms with Crippen LogP contribution in [-0.2, 0) is 6.42 Å².